The SMILES string of the molecule is CCN(CC)C(=O)C1CCCN(Cc2ccc(-c3cc(C(N)=O)c(NC(N)=O)s3)cc2)C1. The molecule has 1 aliphatic rings. The van der Waals surface area contributed by atoms with Crippen molar-refractivity contribution >= 4 is 34.2 Å². The second-order valence-corrected chi connectivity index (χ2v) is 9.04. The number of rotatable bonds is 8. The molecule has 8 nitrogen and oxygen atoms in total. The molecule has 0 spiro atoms. The Morgan fingerprint density at radius 3 is 2.44 bits per heavy atom. The first kappa shape index (κ1) is 23.7. The molecule has 1 aromatic carbocycles. The number of likely N-dealkylation sites (tertiary alicyclic amines) is 1. The molecule has 1 aromatic heterocycles. The zero-order valence-corrected chi connectivity index (χ0v) is 19.4. The lowest BCUT2D eigenvalue weighted by Crippen LogP contribution is -2.44. The van der Waals surface area contributed by atoms with Crippen LogP contribution in [0.25, 0.3) is 10.4 Å². The van der Waals surface area contributed by atoms with Crippen LogP contribution < -0.4 is 16.8 Å². The Bertz CT molecular complexity index is 969. The van der Waals surface area contributed by atoms with Crippen LogP contribution in [-0.2, 0) is 11.3 Å². The van der Waals surface area contributed by atoms with E-state index in [1.807, 2.05) is 30.9 Å². The maximum Gasteiger partial charge on any atom is 0.317 e. The maximum atomic E-state index is 12.7. The smallest absolute Gasteiger partial charge is 0.317 e. The Labute approximate surface area is 192 Å². The van der Waals surface area contributed by atoms with Crippen molar-refractivity contribution in [3.63, 3.8) is 0 Å². The highest BCUT2D eigenvalue weighted by Gasteiger charge is 2.28. The third-order valence-electron chi connectivity index (χ3n) is 5.81. The molecule has 1 unspecified atom stereocenters. The number of nitrogens with one attached hydrogen (secondary N) is 1. The number of nitrogens with two attached hydrogens (primary N) is 2. The first-order valence-electron chi connectivity index (χ1n) is 10.9. The highest BCUT2D eigenvalue weighted by molar-refractivity contribution is 7.20. The second-order valence-electron chi connectivity index (χ2n) is 7.99. The Balaban J connectivity index is 1.68. The van der Waals surface area contributed by atoms with Crippen molar-refractivity contribution in [2.24, 2.45) is 17.4 Å². The number of benzene rings is 1. The van der Waals surface area contributed by atoms with Crippen LogP contribution in [-0.4, -0.2) is 53.8 Å². The molecule has 172 valence electrons. The number of nitrogens with zero attached hydrogens (tertiary/aromatic N) is 2. The fourth-order valence-corrected chi connectivity index (χ4v) is 5.22. The second kappa shape index (κ2) is 10.6. The van der Waals surface area contributed by atoms with E-state index in [9.17, 15) is 14.4 Å². The van der Waals surface area contributed by atoms with Crippen molar-refractivity contribution in [2.75, 3.05) is 31.5 Å². The van der Waals surface area contributed by atoms with Gasteiger partial charge in [0.05, 0.1) is 11.5 Å². The summed E-state index contributed by atoms with van der Waals surface area (Å²) in [4.78, 5) is 40.7. The first-order valence-corrected chi connectivity index (χ1v) is 11.7. The Hall–Kier alpha value is -2.91. The van der Waals surface area contributed by atoms with Crippen LogP contribution in [0.5, 0.6) is 0 Å². The zero-order valence-electron chi connectivity index (χ0n) is 18.6. The van der Waals surface area contributed by atoms with Crippen molar-refractivity contribution in [1.82, 2.24) is 9.80 Å². The van der Waals surface area contributed by atoms with E-state index in [0.717, 1.165) is 61.6 Å². The Morgan fingerprint density at radius 1 is 1.16 bits per heavy atom. The lowest BCUT2D eigenvalue weighted by atomic mass is 9.96. The highest BCUT2D eigenvalue weighted by atomic mass is 32.1. The molecule has 2 heterocycles. The van der Waals surface area contributed by atoms with E-state index in [0.29, 0.717) is 5.00 Å². The molecule has 2 aromatic rings. The van der Waals surface area contributed by atoms with E-state index < -0.39 is 11.9 Å². The predicted molar refractivity (Wildman–Crippen MR) is 127 cm³/mol. The number of anilines is 1. The van der Waals surface area contributed by atoms with Crippen LogP contribution in [0, 0.1) is 5.92 Å². The summed E-state index contributed by atoms with van der Waals surface area (Å²) in [5.41, 5.74) is 12.9. The van der Waals surface area contributed by atoms with Crippen LogP contribution in [0.4, 0.5) is 9.80 Å². The van der Waals surface area contributed by atoms with Crippen LogP contribution in [0.1, 0.15) is 42.6 Å². The normalized spacial score (nSPS) is 16.5. The largest absolute Gasteiger partial charge is 0.366 e. The van der Waals surface area contributed by atoms with E-state index in [4.69, 9.17) is 11.5 Å². The molecule has 4 amide bonds. The number of hydrogen-bond donors (Lipinski definition) is 3. The summed E-state index contributed by atoms with van der Waals surface area (Å²) in [6.07, 6.45) is 1.98. The highest BCUT2D eigenvalue weighted by Crippen LogP contribution is 2.35. The van der Waals surface area contributed by atoms with Gasteiger partial charge < -0.3 is 16.4 Å². The molecular weight excluding hydrogens is 426 g/mol. The summed E-state index contributed by atoms with van der Waals surface area (Å²) in [6, 6.07) is 9.01. The number of thiophene rings is 1. The quantitative estimate of drug-likeness (QED) is 0.564. The van der Waals surface area contributed by atoms with Gasteiger partial charge in [0.1, 0.15) is 5.00 Å². The van der Waals surface area contributed by atoms with Crippen molar-refractivity contribution in [3.8, 4) is 10.4 Å². The van der Waals surface area contributed by atoms with Crippen LogP contribution in [0.3, 0.4) is 0 Å². The van der Waals surface area contributed by atoms with Crippen molar-refractivity contribution < 1.29 is 14.4 Å². The molecule has 5 N–H and O–H groups in total. The first-order chi connectivity index (χ1) is 15.3. The fourth-order valence-electron chi connectivity index (χ4n) is 4.15. The average molecular weight is 458 g/mol. The van der Waals surface area contributed by atoms with Gasteiger partial charge >= 0.3 is 6.03 Å². The number of carbonyl (C=O) groups is 3. The average Bonchev–Trinajstić information content (AvgIpc) is 3.18. The maximum absolute atomic E-state index is 12.7. The molecule has 0 aliphatic carbocycles. The third-order valence-corrected chi connectivity index (χ3v) is 6.91. The minimum absolute atomic E-state index is 0.0671. The fraction of sp³-hybridized carbons (Fsp3) is 0.435. The van der Waals surface area contributed by atoms with Crippen LogP contribution in [0.2, 0.25) is 0 Å². The van der Waals surface area contributed by atoms with Gasteiger partial charge in [-0.25, -0.2) is 4.79 Å². The number of urea groups is 1. The molecule has 1 aliphatic heterocycles. The van der Waals surface area contributed by atoms with Gasteiger partial charge in [-0.1, -0.05) is 24.3 Å². The van der Waals surface area contributed by atoms with Crippen molar-refractivity contribution in [2.45, 2.75) is 33.2 Å². The van der Waals surface area contributed by atoms with Crippen LogP contribution >= 0.6 is 11.3 Å². The van der Waals surface area contributed by atoms with Gasteiger partial charge in [-0.3, -0.25) is 19.8 Å². The number of piperidine rings is 1. The summed E-state index contributed by atoms with van der Waals surface area (Å²) >= 11 is 1.26. The topological polar surface area (TPSA) is 122 Å². The molecule has 9 heteroatoms. The molecule has 3 rings (SSSR count). The lowest BCUT2D eigenvalue weighted by molar-refractivity contribution is -0.137. The van der Waals surface area contributed by atoms with Gasteiger partial charge in [0.2, 0.25) is 5.91 Å². The standard InChI is InChI=1S/C23H31N5O3S/c1-3-28(4-2)22(30)17-6-5-11-27(14-17)13-15-7-9-16(10-8-15)19-12-18(20(24)29)21(32-19)26-23(25)31/h7-10,12,17H,3-6,11,13-14H2,1-2H3,(H2,24,29)(H3,25,26,31). The number of carbonyl (C=O) groups excluding carboxylic acids is 3. The van der Waals surface area contributed by atoms with Gasteiger partial charge in [-0.05, 0) is 50.4 Å². The van der Waals surface area contributed by atoms with Crippen molar-refractivity contribution in [1.29, 1.82) is 0 Å². The van der Waals surface area contributed by atoms with E-state index in [-0.39, 0.29) is 17.4 Å². The van der Waals surface area contributed by atoms with Gasteiger partial charge in [0.25, 0.3) is 5.91 Å². The van der Waals surface area contributed by atoms with Crippen LogP contribution in [0.15, 0.2) is 30.3 Å². The summed E-state index contributed by atoms with van der Waals surface area (Å²) < 4.78 is 0. The molecule has 0 radical (unpaired) electrons. The lowest BCUT2D eigenvalue weighted by Gasteiger charge is -2.34. The summed E-state index contributed by atoms with van der Waals surface area (Å²) in [5, 5.41) is 2.81. The number of primary amides is 2. The summed E-state index contributed by atoms with van der Waals surface area (Å²) in [5.74, 6) is -0.289. The van der Waals surface area contributed by atoms with E-state index in [2.05, 4.69) is 22.3 Å². The molecule has 1 fully saturated rings. The third kappa shape index (κ3) is 5.66. The zero-order chi connectivity index (χ0) is 23.3. The predicted octanol–water partition coefficient (Wildman–Crippen LogP) is 3.09. The molecule has 1 saturated heterocycles. The molecule has 32 heavy (non-hydrogen) atoms. The molecule has 0 saturated carbocycles. The number of hydrogen-bond acceptors (Lipinski definition) is 5. The van der Waals surface area contributed by atoms with E-state index >= 15 is 0 Å². The van der Waals surface area contributed by atoms with E-state index in [1.54, 1.807) is 6.07 Å². The van der Waals surface area contributed by atoms with E-state index in [1.165, 1.54) is 11.3 Å². The molecular formula is C23H31N5O3S. The monoisotopic (exact) mass is 457 g/mol. The van der Waals surface area contributed by atoms with Gasteiger partial charge in [-0.15, -0.1) is 11.3 Å². The minimum atomic E-state index is -0.740. The summed E-state index contributed by atoms with van der Waals surface area (Å²) in [7, 11) is 0. The van der Waals surface area contributed by atoms with Gasteiger partial charge in [0.15, 0.2) is 0 Å². The van der Waals surface area contributed by atoms with Crippen molar-refractivity contribution in [3.05, 3.63) is 41.5 Å². The molecule has 0 bridgehead atoms. The minimum Gasteiger partial charge on any atom is -0.366 e. The van der Waals surface area contributed by atoms with Gasteiger partial charge in [0, 0.05) is 31.1 Å². The summed E-state index contributed by atoms with van der Waals surface area (Å²) in [6.45, 7) is 8.11. The Kier molecular flexibility index (Phi) is 7.87. The number of amides is 4. The molecule has 1 atom stereocenters. The Morgan fingerprint density at radius 2 is 1.84 bits per heavy atom. The van der Waals surface area contributed by atoms with Gasteiger partial charge in [-0.2, -0.15) is 0 Å².